The highest BCUT2D eigenvalue weighted by molar-refractivity contribution is 6.55. The molecule has 0 unspecified atom stereocenters. The Balaban J connectivity index is 1.95. The number of hydrogen-bond donors (Lipinski definition) is 2. The van der Waals surface area contributed by atoms with Crippen LogP contribution in [0.2, 0.25) is 0 Å². The van der Waals surface area contributed by atoms with Gasteiger partial charge in [0.2, 0.25) is 0 Å². The van der Waals surface area contributed by atoms with Crippen LogP contribution in [0, 0.1) is 0 Å². The third-order valence-corrected chi connectivity index (χ3v) is 4.56. The fourth-order valence-corrected chi connectivity index (χ4v) is 2.46. The molecule has 1 aromatic heterocycles. The van der Waals surface area contributed by atoms with Gasteiger partial charge in [-0.15, -0.1) is 0 Å². The van der Waals surface area contributed by atoms with Gasteiger partial charge in [0.1, 0.15) is 0 Å². The third-order valence-electron chi connectivity index (χ3n) is 4.56. The number of nitrogens with one attached hydrogen (secondary N) is 1. The van der Waals surface area contributed by atoms with E-state index in [1.165, 1.54) is 0 Å². The van der Waals surface area contributed by atoms with Gasteiger partial charge in [0.15, 0.2) is 0 Å². The Hall–Kier alpha value is -1.63. The van der Waals surface area contributed by atoms with Gasteiger partial charge >= 0.3 is 7.12 Å². The molecule has 2 heterocycles. The van der Waals surface area contributed by atoms with E-state index in [1.54, 1.807) is 0 Å². The molecule has 1 aliphatic rings. The van der Waals surface area contributed by atoms with E-state index in [1.807, 2.05) is 58.0 Å². The number of rotatable bonds is 3. The molecule has 0 bridgehead atoms. The number of para-hydroxylation sites is 1. The average molecular weight is 300 g/mol. The Morgan fingerprint density at radius 2 is 1.86 bits per heavy atom. The zero-order valence-electron chi connectivity index (χ0n) is 13.4. The summed E-state index contributed by atoms with van der Waals surface area (Å²) in [7, 11) is -0.558. The number of H-pyrrole nitrogens is 1. The van der Waals surface area contributed by atoms with Crippen molar-refractivity contribution < 1.29 is 14.4 Å². The molecule has 22 heavy (non-hydrogen) atoms. The lowest BCUT2D eigenvalue weighted by Gasteiger charge is -2.32. The van der Waals surface area contributed by atoms with Gasteiger partial charge in [-0.05, 0) is 45.3 Å². The fraction of sp³-hybridized carbons (Fsp3) is 0.438. The standard InChI is InChI=1S/C16H21BN2O3/c1-15(2)16(3,4)22-17(21-15)11(10-20)9-14-12-7-5-6-8-13(12)18-19-14/h5-9,20H,10H2,1-4H3,(H,18,19). The van der Waals surface area contributed by atoms with Crippen LogP contribution in [0.3, 0.4) is 0 Å². The minimum absolute atomic E-state index is 0.135. The number of aromatic amines is 1. The Morgan fingerprint density at radius 1 is 1.23 bits per heavy atom. The molecule has 2 aromatic rings. The van der Waals surface area contributed by atoms with E-state index in [4.69, 9.17) is 9.31 Å². The molecule has 1 fully saturated rings. The highest BCUT2D eigenvalue weighted by Crippen LogP contribution is 2.38. The molecule has 0 aliphatic carbocycles. The first-order valence-corrected chi connectivity index (χ1v) is 7.44. The molecule has 1 saturated heterocycles. The SMILES string of the molecule is CC1(C)OB(C(=Cc2[nH]nc3ccccc23)CO)OC1(C)C. The topological polar surface area (TPSA) is 67.4 Å². The molecule has 1 aromatic carbocycles. The summed E-state index contributed by atoms with van der Waals surface area (Å²) in [5, 5.41) is 18.0. The lowest BCUT2D eigenvalue weighted by molar-refractivity contribution is 0.00578. The first-order chi connectivity index (χ1) is 10.3. The number of aliphatic hydroxyl groups is 1. The summed E-state index contributed by atoms with van der Waals surface area (Å²) in [6.07, 6.45) is 1.86. The van der Waals surface area contributed by atoms with E-state index in [2.05, 4.69) is 10.2 Å². The lowest BCUT2D eigenvalue weighted by atomic mass is 9.78. The van der Waals surface area contributed by atoms with Crippen molar-refractivity contribution in [2.45, 2.75) is 38.9 Å². The van der Waals surface area contributed by atoms with Gasteiger partial charge in [0, 0.05) is 5.39 Å². The summed E-state index contributed by atoms with van der Waals surface area (Å²) < 4.78 is 12.0. The minimum atomic E-state index is -0.558. The summed E-state index contributed by atoms with van der Waals surface area (Å²) >= 11 is 0. The maximum atomic E-state index is 9.74. The molecule has 0 spiro atoms. The van der Waals surface area contributed by atoms with Crippen molar-refractivity contribution in [1.82, 2.24) is 10.2 Å². The smallest absolute Gasteiger partial charge is 0.400 e. The zero-order valence-corrected chi connectivity index (χ0v) is 13.4. The van der Waals surface area contributed by atoms with Crippen LogP contribution in [0.4, 0.5) is 0 Å². The third kappa shape index (κ3) is 2.47. The molecule has 2 N–H and O–H groups in total. The van der Waals surface area contributed by atoms with Crippen molar-refractivity contribution in [3.63, 3.8) is 0 Å². The van der Waals surface area contributed by atoms with Crippen molar-refractivity contribution >= 4 is 24.1 Å². The molecule has 1 aliphatic heterocycles. The van der Waals surface area contributed by atoms with Crippen LogP contribution in [0.15, 0.2) is 29.7 Å². The van der Waals surface area contributed by atoms with Gasteiger partial charge in [-0.25, -0.2) is 0 Å². The maximum absolute atomic E-state index is 9.74. The average Bonchev–Trinajstić information content (AvgIpc) is 2.95. The van der Waals surface area contributed by atoms with Crippen LogP contribution < -0.4 is 0 Å². The summed E-state index contributed by atoms with van der Waals surface area (Å²) in [4.78, 5) is 0. The predicted octanol–water partition coefficient (Wildman–Crippen LogP) is 2.57. The molecule has 116 valence electrons. The Labute approximate surface area is 130 Å². The second-order valence-electron chi connectivity index (χ2n) is 6.62. The van der Waals surface area contributed by atoms with E-state index >= 15 is 0 Å². The van der Waals surface area contributed by atoms with Crippen LogP contribution >= 0.6 is 0 Å². The normalized spacial score (nSPS) is 20.8. The fourth-order valence-electron chi connectivity index (χ4n) is 2.46. The highest BCUT2D eigenvalue weighted by atomic mass is 16.7. The minimum Gasteiger partial charge on any atom is -0.400 e. The highest BCUT2D eigenvalue weighted by Gasteiger charge is 2.52. The molecule has 0 saturated carbocycles. The zero-order chi connectivity index (χ0) is 16.0. The van der Waals surface area contributed by atoms with Crippen LogP contribution in [0.25, 0.3) is 17.0 Å². The number of benzene rings is 1. The molecule has 3 rings (SSSR count). The summed E-state index contributed by atoms with van der Waals surface area (Å²) in [5.41, 5.74) is 1.55. The Bertz CT molecular complexity index is 705. The van der Waals surface area contributed by atoms with Crippen molar-refractivity contribution in [2.75, 3.05) is 6.61 Å². The predicted molar refractivity (Wildman–Crippen MR) is 87.2 cm³/mol. The molecule has 0 atom stereocenters. The van der Waals surface area contributed by atoms with E-state index in [0.29, 0.717) is 5.47 Å². The molecule has 5 nitrogen and oxygen atoms in total. The summed E-state index contributed by atoms with van der Waals surface area (Å²) in [6.45, 7) is 7.84. The first-order valence-electron chi connectivity index (χ1n) is 7.44. The second kappa shape index (κ2) is 5.23. The molecular formula is C16H21BN2O3. The van der Waals surface area contributed by atoms with Crippen molar-refractivity contribution in [2.24, 2.45) is 0 Å². The van der Waals surface area contributed by atoms with Gasteiger partial charge in [0.25, 0.3) is 0 Å². The second-order valence-corrected chi connectivity index (χ2v) is 6.62. The molecule has 0 amide bonds. The largest absolute Gasteiger partial charge is 0.492 e. The van der Waals surface area contributed by atoms with Crippen molar-refractivity contribution in [3.05, 3.63) is 35.4 Å². The lowest BCUT2D eigenvalue weighted by Crippen LogP contribution is -2.41. The van der Waals surface area contributed by atoms with Crippen LogP contribution in [0.5, 0.6) is 0 Å². The number of hydrogen-bond acceptors (Lipinski definition) is 4. The first kappa shape index (κ1) is 15.3. The maximum Gasteiger partial charge on any atom is 0.492 e. The molecule has 0 radical (unpaired) electrons. The Morgan fingerprint density at radius 3 is 2.50 bits per heavy atom. The van der Waals surface area contributed by atoms with Crippen molar-refractivity contribution in [3.8, 4) is 0 Å². The summed E-state index contributed by atoms with van der Waals surface area (Å²) in [6, 6.07) is 7.83. The molecule has 6 heteroatoms. The van der Waals surface area contributed by atoms with Gasteiger partial charge in [-0.1, -0.05) is 18.2 Å². The number of aliphatic hydroxyl groups excluding tert-OH is 1. The molecular weight excluding hydrogens is 279 g/mol. The van der Waals surface area contributed by atoms with Crippen molar-refractivity contribution in [1.29, 1.82) is 0 Å². The van der Waals surface area contributed by atoms with Gasteiger partial charge < -0.3 is 14.4 Å². The number of fused-ring (bicyclic) bond motifs is 1. The summed E-state index contributed by atoms with van der Waals surface area (Å²) in [5.74, 6) is 0. The van der Waals surface area contributed by atoms with Gasteiger partial charge in [-0.3, -0.25) is 5.10 Å². The van der Waals surface area contributed by atoms with E-state index in [-0.39, 0.29) is 6.61 Å². The van der Waals surface area contributed by atoms with Gasteiger partial charge in [0.05, 0.1) is 29.0 Å². The van der Waals surface area contributed by atoms with Crippen LogP contribution in [0.1, 0.15) is 33.4 Å². The van der Waals surface area contributed by atoms with E-state index in [9.17, 15) is 5.11 Å². The quantitative estimate of drug-likeness (QED) is 0.855. The van der Waals surface area contributed by atoms with Crippen LogP contribution in [-0.4, -0.2) is 40.2 Å². The van der Waals surface area contributed by atoms with E-state index in [0.717, 1.165) is 16.6 Å². The van der Waals surface area contributed by atoms with Gasteiger partial charge in [-0.2, -0.15) is 5.10 Å². The monoisotopic (exact) mass is 300 g/mol. The van der Waals surface area contributed by atoms with Crippen LogP contribution in [-0.2, 0) is 9.31 Å². The van der Waals surface area contributed by atoms with E-state index < -0.39 is 18.3 Å². The number of nitrogens with zero attached hydrogens (tertiary/aromatic N) is 1. The Kier molecular flexibility index (Phi) is 3.63. The number of aromatic nitrogens is 2.